The first-order valence-corrected chi connectivity index (χ1v) is 9.62. The van der Waals surface area contributed by atoms with Crippen molar-refractivity contribution in [2.24, 2.45) is 0 Å². The molecule has 4 aromatic rings. The molecule has 0 spiro atoms. The molecule has 2 heterocycles. The van der Waals surface area contributed by atoms with Gasteiger partial charge in [-0.2, -0.15) is 0 Å². The minimum atomic E-state index is -0.677. The van der Waals surface area contributed by atoms with Crippen molar-refractivity contribution in [2.75, 3.05) is 0 Å². The van der Waals surface area contributed by atoms with E-state index >= 15 is 0 Å². The summed E-state index contributed by atoms with van der Waals surface area (Å²) in [5.74, 6) is 0.273. The van der Waals surface area contributed by atoms with E-state index < -0.39 is 5.76 Å². The molecule has 0 amide bonds. The second kappa shape index (κ2) is 7.08. The Kier molecular flexibility index (Phi) is 4.25. The maximum atomic E-state index is 11.4. The molecule has 148 valence electrons. The SMILES string of the molecule is [C-]#[N+]c1ccc(Oc2cnc3c(c2)CCC[C@H]3c2oc(=O)[nH]c2O)c2ccccc12. The van der Waals surface area contributed by atoms with Gasteiger partial charge in [0.05, 0.1) is 24.4 Å². The van der Waals surface area contributed by atoms with Crippen LogP contribution in [0.4, 0.5) is 5.69 Å². The summed E-state index contributed by atoms with van der Waals surface area (Å²) >= 11 is 0. The molecule has 0 saturated heterocycles. The van der Waals surface area contributed by atoms with Crippen molar-refractivity contribution in [3.8, 4) is 17.4 Å². The van der Waals surface area contributed by atoms with E-state index in [4.69, 9.17) is 15.7 Å². The van der Waals surface area contributed by atoms with Crippen LogP contribution in [0.25, 0.3) is 15.6 Å². The van der Waals surface area contributed by atoms with Crippen molar-refractivity contribution in [1.82, 2.24) is 9.97 Å². The summed E-state index contributed by atoms with van der Waals surface area (Å²) in [6.07, 6.45) is 4.07. The zero-order chi connectivity index (χ0) is 20.7. The quantitative estimate of drug-likeness (QED) is 0.471. The van der Waals surface area contributed by atoms with Gasteiger partial charge >= 0.3 is 5.76 Å². The Morgan fingerprint density at radius 1 is 1.23 bits per heavy atom. The summed E-state index contributed by atoms with van der Waals surface area (Å²) in [7, 11) is 0. The molecule has 0 saturated carbocycles. The fraction of sp³-hybridized carbons (Fsp3) is 0.174. The molecule has 1 atom stereocenters. The Labute approximate surface area is 171 Å². The molecule has 0 aliphatic heterocycles. The van der Waals surface area contributed by atoms with E-state index in [0.29, 0.717) is 17.2 Å². The highest BCUT2D eigenvalue weighted by Crippen LogP contribution is 2.40. The minimum Gasteiger partial charge on any atom is -0.492 e. The van der Waals surface area contributed by atoms with Gasteiger partial charge in [0.2, 0.25) is 5.88 Å². The number of hydrogen-bond acceptors (Lipinski definition) is 5. The van der Waals surface area contributed by atoms with Crippen LogP contribution < -0.4 is 10.5 Å². The number of pyridine rings is 1. The average molecular weight is 399 g/mol. The van der Waals surface area contributed by atoms with E-state index in [1.165, 1.54) is 0 Å². The number of oxazole rings is 1. The lowest BCUT2D eigenvalue weighted by Gasteiger charge is -2.23. The zero-order valence-corrected chi connectivity index (χ0v) is 15.9. The van der Waals surface area contributed by atoms with Gasteiger partial charge in [-0.05, 0) is 42.3 Å². The number of aryl methyl sites for hydroxylation is 1. The number of H-pyrrole nitrogens is 1. The summed E-state index contributed by atoms with van der Waals surface area (Å²) < 4.78 is 11.3. The number of rotatable bonds is 3. The van der Waals surface area contributed by atoms with E-state index in [0.717, 1.165) is 41.3 Å². The van der Waals surface area contributed by atoms with Gasteiger partial charge in [-0.15, -0.1) is 0 Å². The summed E-state index contributed by atoms with van der Waals surface area (Å²) in [5.41, 5.74) is 2.35. The molecular formula is C23H17N3O4. The summed E-state index contributed by atoms with van der Waals surface area (Å²) in [5, 5.41) is 11.7. The largest absolute Gasteiger partial charge is 0.492 e. The number of aromatic amines is 1. The number of nitrogens with one attached hydrogen (secondary N) is 1. The lowest BCUT2D eigenvalue weighted by Crippen LogP contribution is -2.13. The lowest BCUT2D eigenvalue weighted by molar-refractivity contribution is 0.391. The minimum absolute atomic E-state index is 0.225. The van der Waals surface area contributed by atoms with Crippen molar-refractivity contribution in [1.29, 1.82) is 0 Å². The van der Waals surface area contributed by atoms with Crippen LogP contribution in [0.5, 0.6) is 17.4 Å². The number of hydrogen-bond donors (Lipinski definition) is 2. The molecule has 0 fully saturated rings. The average Bonchev–Trinajstić information content (AvgIpc) is 3.11. The first-order chi connectivity index (χ1) is 14.6. The molecule has 2 aromatic heterocycles. The van der Waals surface area contributed by atoms with Crippen LogP contribution >= 0.6 is 0 Å². The Hall–Kier alpha value is -4.05. The topological polar surface area (TPSA) is 92.7 Å². The first-order valence-electron chi connectivity index (χ1n) is 9.62. The van der Waals surface area contributed by atoms with Gasteiger partial charge < -0.3 is 14.3 Å². The highest BCUT2D eigenvalue weighted by atomic mass is 16.5. The number of fused-ring (bicyclic) bond motifs is 2. The molecule has 0 bridgehead atoms. The van der Waals surface area contributed by atoms with Crippen LogP contribution in [0.1, 0.15) is 35.8 Å². The molecule has 1 aliphatic carbocycles. The van der Waals surface area contributed by atoms with Crippen LogP contribution in [0.3, 0.4) is 0 Å². The highest BCUT2D eigenvalue weighted by Gasteiger charge is 2.29. The molecule has 7 nitrogen and oxygen atoms in total. The highest BCUT2D eigenvalue weighted by molar-refractivity contribution is 5.98. The van der Waals surface area contributed by atoms with Crippen LogP contribution in [-0.2, 0) is 6.42 Å². The molecule has 0 radical (unpaired) electrons. The van der Waals surface area contributed by atoms with E-state index in [1.807, 2.05) is 30.3 Å². The summed E-state index contributed by atoms with van der Waals surface area (Å²) in [6.45, 7) is 7.36. The monoisotopic (exact) mass is 399 g/mol. The van der Waals surface area contributed by atoms with E-state index in [2.05, 4.69) is 14.8 Å². The smallest absolute Gasteiger partial charge is 0.419 e. The van der Waals surface area contributed by atoms with Crippen LogP contribution in [-0.4, -0.2) is 15.1 Å². The second-order valence-electron chi connectivity index (χ2n) is 7.23. The molecule has 2 N–H and O–H groups in total. The summed E-state index contributed by atoms with van der Waals surface area (Å²) in [6, 6.07) is 13.1. The number of aromatic nitrogens is 2. The third kappa shape index (κ3) is 2.99. The van der Waals surface area contributed by atoms with Crippen LogP contribution in [0.15, 0.2) is 57.9 Å². The lowest BCUT2D eigenvalue weighted by atomic mass is 9.85. The molecule has 5 rings (SSSR count). The standard InChI is InChI=1S/C23H17N3O4/c1-24-18-9-10-19(16-7-3-2-6-15(16)18)29-14-11-13-5-4-8-17(20(13)25-12-14)21-22(27)26-23(28)30-21/h2-3,6-7,9-12,17,27H,4-5,8H2,(H,26,28)/t17-/m1/s1. The van der Waals surface area contributed by atoms with Gasteiger partial charge in [0.15, 0.2) is 11.4 Å². The number of ether oxygens (including phenoxy) is 1. The number of aromatic hydroxyl groups is 1. The van der Waals surface area contributed by atoms with Crippen molar-refractivity contribution in [3.05, 3.63) is 87.6 Å². The van der Waals surface area contributed by atoms with Gasteiger partial charge in [-0.1, -0.05) is 30.3 Å². The van der Waals surface area contributed by atoms with Crippen molar-refractivity contribution >= 4 is 16.5 Å². The molecule has 2 aromatic carbocycles. The van der Waals surface area contributed by atoms with E-state index in [9.17, 15) is 9.90 Å². The summed E-state index contributed by atoms with van der Waals surface area (Å²) in [4.78, 5) is 21.9. The number of benzene rings is 2. The predicted molar refractivity (Wildman–Crippen MR) is 110 cm³/mol. The Morgan fingerprint density at radius 2 is 2.07 bits per heavy atom. The third-order valence-corrected chi connectivity index (χ3v) is 5.43. The van der Waals surface area contributed by atoms with Crippen molar-refractivity contribution in [3.63, 3.8) is 0 Å². The maximum Gasteiger partial charge on any atom is 0.419 e. The van der Waals surface area contributed by atoms with Gasteiger partial charge in [0, 0.05) is 5.39 Å². The maximum absolute atomic E-state index is 11.4. The van der Waals surface area contributed by atoms with Crippen LogP contribution in [0.2, 0.25) is 0 Å². The van der Waals surface area contributed by atoms with Gasteiger partial charge in [-0.3, -0.25) is 9.97 Å². The third-order valence-electron chi connectivity index (χ3n) is 5.43. The van der Waals surface area contributed by atoms with Gasteiger partial charge in [0.1, 0.15) is 11.5 Å². The van der Waals surface area contributed by atoms with Crippen molar-refractivity contribution in [2.45, 2.75) is 25.2 Å². The van der Waals surface area contributed by atoms with Crippen molar-refractivity contribution < 1.29 is 14.3 Å². The van der Waals surface area contributed by atoms with Gasteiger partial charge in [0.25, 0.3) is 0 Å². The molecular weight excluding hydrogens is 382 g/mol. The molecule has 1 aliphatic rings. The Balaban J connectivity index is 1.51. The normalized spacial score (nSPS) is 15.5. The number of nitrogens with zero attached hydrogens (tertiary/aromatic N) is 2. The first kappa shape index (κ1) is 18.0. The van der Waals surface area contributed by atoms with E-state index in [1.54, 1.807) is 18.3 Å². The molecule has 30 heavy (non-hydrogen) atoms. The Morgan fingerprint density at radius 3 is 2.83 bits per heavy atom. The van der Waals surface area contributed by atoms with E-state index in [-0.39, 0.29) is 17.6 Å². The molecule has 0 unspecified atom stereocenters. The molecule has 7 heteroatoms. The zero-order valence-electron chi connectivity index (χ0n) is 15.9. The van der Waals surface area contributed by atoms with Crippen LogP contribution in [0, 0.1) is 6.57 Å². The van der Waals surface area contributed by atoms with Gasteiger partial charge in [-0.25, -0.2) is 9.64 Å². The Bertz CT molecular complexity index is 1360. The second-order valence-corrected chi connectivity index (χ2v) is 7.23. The predicted octanol–water partition coefficient (Wildman–Crippen LogP) is 5.03. The fourth-order valence-electron chi connectivity index (χ4n) is 4.09. The fourth-order valence-corrected chi connectivity index (χ4v) is 4.09.